The predicted molar refractivity (Wildman–Crippen MR) is 117 cm³/mol. The molecule has 0 atom stereocenters. The molecule has 1 aromatic heterocycles. The summed E-state index contributed by atoms with van der Waals surface area (Å²) in [5.74, 6) is 0.788. The van der Waals surface area contributed by atoms with Crippen LogP contribution in [0.5, 0.6) is 0 Å². The second kappa shape index (κ2) is 9.68. The first-order valence-electron chi connectivity index (χ1n) is 8.08. The molecule has 0 aliphatic heterocycles. The van der Waals surface area contributed by atoms with Gasteiger partial charge in [0.15, 0.2) is 5.96 Å². The van der Waals surface area contributed by atoms with Crippen LogP contribution in [-0.2, 0) is 13.1 Å². The van der Waals surface area contributed by atoms with Crippen molar-refractivity contribution >= 4 is 52.4 Å². The van der Waals surface area contributed by atoms with E-state index < -0.39 is 0 Å². The Hall–Kier alpha value is -1.73. The Kier molecular flexibility index (Phi) is 7.58. The molecule has 0 spiro atoms. The van der Waals surface area contributed by atoms with Gasteiger partial charge in [0.2, 0.25) is 0 Å². The molecule has 1 heterocycles. The topological polar surface area (TPSA) is 52.2 Å². The minimum atomic E-state index is 0. The Morgan fingerprint density at radius 3 is 2.68 bits per heavy atom. The highest BCUT2D eigenvalue weighted by Crippen LogP contribution is 2.14. The van der Waals surface area contributed by atoms with E-state index in [1.54, 1.807) is 0 Å². The third-order valence-corrected chi connectivity index (χ3v) is 3.92. The molecule has 0 saturated heterocycles. The molecule has 0 amide bonds. The number of nitrogens with one attached hydrogen (secondary N) is 3. The van der Waals surface area contributed by atoms with Crippen molar-refractivity contribution in [2.24, 2.45) is 4.99 Å². The zero-order valence-corrected chi connectivity index (χ0v) is 17.1. The molecule has 3 aromatic rings. The van der Waals surface area contributed by atoms with Gasteiger partial charge in [-0.3, -0.25) is 0 Å². The van der Waals surface area contributed by atoms with Crippen LogP contribution in [0.25, 0.3) is 10.9 Å². The van der Waals surface area contributed by atoms with Crippen LogP contribution in [0.4, 0.5) is 0 Å². The van der Waals surface area contributed by atoms with Gasteiger partial charge in [0.25, 0.3) is 0 Å². The van der Waals surface area contributed by atoms with Gasteiger partial charge in [-0.2, -0.15) is 0 Å². The van der Waals surface area contributed by atoms with Gasteiger partial charge in [0.05, 0.1) is 13.1 Å². The fourth-order valence-electron chi connectivity index (χ4n) is 2.56. The van der Waals surface area contributed by atoms with E-state index >= 15 is 0 Å². The molecule has 2 aromatic carbocycles. The Bertz CT molecular complexity index is 811. The summed E-state index contributed by atoms with van der Waals surface area (Å²) in [6, 6.07) is 18.2. The first-order valence-corrected chi connectivity index (χ1v) is 8.45. The summed E-state index contributed by atoms with van der Waals surface area (Å²) in [6.07, 6.45) is 0. The fourth-order valence-corrected chi connectivity index (χ4v) is 2.77. The van der Waals surface area contributed by atoms with Crippen LogP contribution in [0.15, 0.2) is 59.6 Å². The summed E-state index contributed by atoms with van der Waals surface area (Å²) >= 11 is 6.02. The summed E-state index contributed by atoms with van der Waals surface area (Å²) < 4.78 is 0. The highest BCUT2D eigenvalue weighted by molar-refractivity contribution is 14.0. The van der Waals surface area contributed by atoms with Gasteiger partial charge in [-0.15, -0.1) is 24.0 Å². The maximum atomic E-state index is 6.02. The minimum Gasteiger partial charge on any atom is -0.357 e. The molecule has 0 aliphatic rings. The average molecular weight is 469 g/mol. The summed E-state index contributed by atoms with van der Waals surface area (Å²) in [7, 11) is 0. The zero-order valence-electron chi connectivity index (χ0n) is 14.1. The van der Waals surface area contributed by atoms with Crippen LogP contribution in [0.1, 0.15) is 18.2 Å². The highest BCUT2D eigenvalue weighted by atomic mass is 127. The highest BCUT2D eigenvalue weighted by Gasteiger charge is 2.02. The van der Waals surface area contributed by atoms with Crippen LogP contribution in [0, 0.1) is 0 Å². The standard InChI is InChI=1S/C19H21ClN4.HI/c1-2-21-19(22-12-14-6-5-8-16(20)10-14)23-13-17-11-15-7-3-4-9-18(15)24-17;/h3-11,24H,2,12-13H2,1H3,(H2,21,22,23);1H. The van der Waals surface area contributed by atoms with E-state index in [9.17, 15) is 0 Å². The van der Waals surface area contributed by atoms with Crippen molar-refractivity contribution < 1.29 is 0 Å². The number of hydrogen-bond acceptors (Lipinski definition) is 1. The van der Waals surface area contributed by atoms with E-state index in [0.29, 0.717) is 13.1 Å². The van der Waals surface area contributed by atoms with Crippen LogP contribution >= 0.6 is 35.6 Å². The van der Waals surface area contributed by atoms with Crippen molar-refractivity contribution in [3.8, 4) is 0 Å². The number of para-hydroxylation sites is 1. The Morgan fingerprint density at radius 1 is 1.08 bits per heavy atom. The van der Waals surface area contributed by atoms with Gasteiger partial charge in [-0.05, 0) is 42.1 Å². The van der Waals surface area contributed by atoms with Gasteiger partial charge in [-0.25, -0.2) is 4.99 Å². The number of benzene rings is 2. The van der Waals surface area contributed by atoms with Crippen molar-refractivity contribution in [3.05, 3.63) is 70.9 Å². The number of hydrogen-bond donors (Lipinski definition) is 3. The fraction of sp³-hybridized carbons (Fsp3) is 0.211. The number of halogens is 2. The summed E-state index contributed by atoms with van der Waals surface area (Å²) in [4.78, 5) is 8.03. The molecule has 0 bridgehead atoms. The normalized spacial score (nSPS) is 11.2. The van der Waals surface area contributed by atoms with E-state index in [-0.39, 0.29) is 24.0 Å². The number of nitrogens with zero attached hydrogens (tertiary/aromatic N) is 1. The number of aliphatic imine (C=N–C) groups is 1. The second-order valence-corrected chi connectivity index (χ2v) is 6.00. The number of H-pyrrole nitrogens is 1. The van der Waals surface area contributed by atoms with Crippen molar-refractivity contribution in [1.29, 1.82) is 0 Å². The quantitative estimate of drug-likeness (QED) is 0.289. The van der Waals surface area contributed by atoms with Crippen LogP contribution in [0.2, 0.25) is 5.02 Å². The maximum absolute atomic E-state index is 6.02. The molecule has 0 unspecified atom stereocenters. The molecule has 3 N–H and O–H groups in total. The van der Waals surface area contributed by atoms with Crippen molar-refractivity contribution in [3.63, 3.8) is 0 Å². The first kappa shape index (κ1) is 19.6. The van der Waals surface area contributed by atoms with Crippen LogP contribution in [-0.4, -0.2) is 17.5 Å². The molecule has 6 heteroatoms. The molecule has 0 aliphatic carbocycles. The molecular formula is C19H22ClIN4. The van der Waals surface area contributed by atoms with Crippen molar-refractivity contribution in [2.45, 2.75) is 20.0 Å². The van der Waals surface area contributed by atoms with Gasteiger partial charge in [0, 0.05) is 22.8 Å². The number of guanidine groups is 1. The molecule has 0 fully saturated rings. The SMILES string of the molecule is CCNC(=NCc1cccc(Cl)c1)NCc1cc2ccccc2[nH]1.I. The monoisotopic (exact) mass is 468 g/mol. The Labute approximate surface area is 170 Å². The Morgan fingerprint density at radius 2 is 1.92 bits per heavy atom. The lowest BCUT2D eigenvalue weighted by Gasteiger charge is -2.10. The lowest BCUT2D eigenvalue weighted by molar-refractivity contribution is 0.805. The van der Waals surface area contributed by atoms with Gasteiger partial charge >= 0.3 is 0 Å². The molecule has 4 nitrogen and oxygen atoms in total. The third kappa shape index (κ3) is 5.64. The lowest BCUT2D eigenvalue weighted by atomic mass is 10.2. The van der Waals surface area contributed by atoms with E-state index in [1.165, 1.54) is 5.39 Å². The third-order valence-electron chi connectivity index (χ3n) is 3.69. The van der Waals surface area contributed by atoms with E-state index in [1.807, 2.05) is 36.4 Å². The van der Waals surface area contributed by atoms with E-state index in [4.69, 9.17) is 11.6 Å². The van der Waals surface area contributed by atoms with Crippen LogP contribution < -0.4 is 10.6 Å². The summed E-state index contributed by atoms with van der Waals surface area (Å²) in [6.45, 7) is 4.15. The van der Waals surface area contributed by atoms with E-state index in [2.05, 4.69) is 45.7 Å². The molecule has 0 radical (unpaired) electrons. The Balaban J connectivity index is 0.00000225. The number of aromatic amines is 1. The molecule has 3 rings (SSSR count). The van der Waals surface area contributed by atoms with Gasteiger partial charge < -0.3 is 15.6 Å². The van der Waals surface area contributed by atoms with Crippen molar-refractivity contribution in [2.75, 3.05) is 6.54 Å². The van der Waals surface area contributed by atoms with Crippen molar-refractivity contribution in [1.82, 2.24) is 15.6 Å². The van der Waals surface area contributed by atoms with E-state index in [0.717, 1.165) is 34.3 Å². The number of rotatable bonds is 5. The maximum Gasteiger partial charge on any atom is 0.191 e. The first-order chi connectivity index (χ1) is 11.7. The summed E-state index contributed by atoms with van der Waals surface area (Å²) in [5, 5.41) is 8.57. The van der Waals surface area contributed by atoms with Gasteiger partial charge in [-0.1, -0.05) is 41.9 Å². The number of fused-ring (bicyclic) bond motifs is 1. The molecular weight excluding hydrogens is 447 g/mol. The average Bonchev–Trinajstić information content (AvgIpc) is 3.00. The molecule has 25 heavy (non-hydrogen) atoms. The minimum absolute atomic E-state index is 0. The van der Waals surface area contributed by atoms with Crippen LogP contribution in [0.3, 0.4) is 0 Å². The number of aromatic nitrogens is 1. The van der Waals surface area contributed by atoms with Gasteiger partial charge in [0.1, 0.15) is 0 Å². The summed E-state index contributed by atoms with van der Waals surface area (Å²) in [5.41, 5.74) is 3.37. The predicted octanol–water partition coefficient (Wildman–Crippen LogP) is 4.69. The smallest absolute Gasteiger partial charge is 0.191 e. The largest absolute Gasteiger partial charge is 0.357 e. The zero-order chi connectivity index (χ0) is 16.8. The second-order valence-electron chi connectivity index (χ2n) is 5.56. The lowest BCUT2D eigenvalue weighted by Crippen LogP contribution is -2.36. The molecule has 0 saturated carbocycles. The molecule has 132 valence electrons.